The van der Waals surface area contributed by atoms with Crippen LogP contribution in [0, 0.1) is 0 Å². The molecule has 124 valence electrons. The topological polar surface area (TPSA) is 69.6 Å². The van der Waals surface area contributed by atoms with Gasteiger partial charge in [0, 0.05) is 37.9 Å². The van der Waals surface area contributed by atoms with Crippen molar-refractivity contribution in [3.63, 3.8) is 0 Å². The fourth-order valence-electron chi connectivity index (χ4n) is 2.89. The Balaban J connectivity index is 2.00. The van der Waals surface area contributed by atoms with E-state index < -0.39 is 0 Å². The van der Waals surface area contributed by atoms with Gasteiger partial charge in [-0.05, 0) is 49.5 Å². The van der Waals surface area contributed by atoms with Gasteiger partial charge in [0.15, 0.2) is 0 Å². The van der Waals surface area contributed by atoms with Crippen molar-refractivity contribution in [3.8, 4) is 0 Å². The van der Waals surface area contributed by atoms with E-state index in [4.69, 9.17) is 5.11 Å². The van der Waals surface area contributed by atoms with Crippen molar-refractivity contribution in [2.24, 2.45) is 0 Å². The predicted octanol–water partition coefficient (Wildman–Crippen LogP) is 1.82. The molecule has 2 rings (SSSR count). The predicted molar refractivity (Wildman–Crippen MR) is 89.9 cm³/mol. The van der Waals surface area contributed by atoms with E-state index in [1.165, 1.54) is 0 Å². The highest BCUT2D eigenvalue weighted by Gasteiger charge is 2.24. The molecular formula is C18H24N2O3. The van der Waals surface area contributed by atoms with Gasteiger partial charge in [0.2, 0.25) is 5.91 Å². The SMILES string of the molecule is CNC(=O)c1ccc(/C=C/C(=O)N2CCCCC2CCO)cc1. The van der Waals surface area contributed by atoms with Crippen molar-refractivity contribution >= 4 is 17.9 Å². The molecule has 1 atom stereocenters. The Morgan fingerprint density at radius 2 is 2.04 bits per heavy atom. The highest BCUT2D eigenvalue weighted by atomic mass is 16.3. The molecule has 1 saturated heterocycles. The van der Waals surface area contributed by atoms with Crippen molar-refractivity contribution in [1.82, 2.24) is 10.2 Å². The van der Waals surface area contributed by atoms with E-state index in [0.717, 1.165) is 31.4 Å². The van der Waals surface area contributed by atoms with Crippen LogP contribution in [0.4, 0.5) is 0 Å². The molecule has 1 heterocycles. The van der Waals surface area contributed by atoms with Crippen LogP contribution in [0.1, 0.15) is 41.6 Å². The lowest BCUT2D eigenvalue weighted by Gasteiger charge is -2.34. The summed E-state index contributed by atoms with van der Waals surface area (Å²) in [4.78, 5) is 25.7. The molecule has 1 aromatic rings. The van der Waals surface area contributed by atoms with E-state index in [1.54, 1.807) is 31.3 Å². The van der Waals surface area contributed by atoms with Crippen LogP contribution in [0.5, 0.6) is 0 Å². The number of amides is 2. The highest BCUT2D eigenvalue weighted by molar-refractivity contribution is 5.95. The van der Waals surface area contributed by atoms with E-state index in [-0.39, 0.29) is 24.5 Å². The molecule has 1 aliphatic heterocycles. The van der Waals surface area contributed by atoms with Crippen LogP contribution >= 0.6 is 0 Å². The molecule has 0 spiro atoms. The quantitative estimate of drug-likeness (QED) is 0.814. The van der Waals surface area contributed by atoms with Gasteiger partial charge in [-0.1, -0.05) is 12.1 Å². The lowest BCUT2D eigenvalue weighted by molar-refractivity contribution is -0.129. The summed E-state index contributed by atoms with van der Waals surface area (Å²) in [6.07, 6.45) is 7.06. The van der Waals surface area contributed by atoms with Crippen LogP contribution in [0.3, 0.4) is 0 Å². The minimum Gasteiger partial charge on any atom is -0.396 e. The number of aliphatic hydroxyl groups excluding tert-OH is 1. The Kier molecular flexibility index (Phi) is 6.35. The van der Waals surface area contributed by atoms with Crippen molar-refractivity contribution in [2.75, 3.05) is 20.2 Å². The Bertz CT molecular complexity index is 564. The Hall–Kier alpha value is -2.14. The number of carbonyl (C=O) groups excluding carboxylic acids is 2. The minimum atomic E-state index is -0.128. The molecule has 23 heavy (non-hydrogen) atoms. The van der Waals surface area contributed by atoms with Gasteiger partial charge in [0.25, 0.3) is 5.91 Å². The van der Waals surface area contributed by atoms with Crippen LogP contribution in [-0.2, 0) is 4.79 Å². The number of aliphatic hydroxyl groups is 1. The summed E-state index contributed by atoms with van der Waals surface area (Å²) in [5.41, 5.74) is 1.47. The summed E-state index contributed by atoms with van der Waals surface area (Å²) in [6, 6.07) is 7.24. The molecular weight excluding hydrogens is 292 g/mol. The van der Waals surface area contributed by atoms with E-state index in [9.17, 15) is 9.59 Å². The fourth-order valence-corrected chi connectivity index (χ4v) is 2.89. The molecule has 0 saturated carbocycles. The zero-order chi connectivity index (χ0) is 16.7. The number of benzene rings is 1. The van der Waals surface area contributed by atoms with Crippen molar-refractivity contribution in [1.29, 1.82) is 0 Å². The summed E-state index contributed by atoms with van der Waals surface area (Å²) < 4.78 is 0. The maximum atomic E-state index is 12.4. The van der Waals surface area contributed by atoms with Crippen LogP contribution < -0.4 is 5.32 Å². The molecule has 1 aromatic carbocycles. The number of nitrogens with zero attached hydrogens (tertiary/aromatic N) is 1. The van der Waals surface area contributed by atoms with Crippen LogP contribution in [0.25, 0.3) is 6.08 Å². The van der Waals surface area contributed by atoms with Crippen molar-refractivity contribution in [3.05, 3.63) is 41.5 Å². The number of rotatable bonds is 5. The number of hydrogen-bond acceptors (Lipinski definition) is 3. The molecule has 5 nitrogen and oxygen atoms in total. The molecule has 1 aliphatic rings. The van der Waals surface area contributed by atoms with Gasteiger partial charge in [-0.25, -0.2) is 0 Å². The number of piperidine rings is 1. The molecule has 0 bridgehead atoms. The summed E-state index contributed by atoms with van der Waals surface area (Å²) in [5, 5.41) is 11.7. The smallest absolute Gasteiger partial charge is 0.251 e. The molecule has 2 N–H and O–H groups in total. The van der Waals surface area contributed by atoms with Crippen LogP contribution in [0.15, 0.2) is 30.3 Å². The third kappa shape index (κ3) is 4.66. The zero-order valence-corrected chi connectivity index (χ0v) is 13.5. The van der Waals surface area contributed by atoms with E-state index in [2.05, 4.69) is 5.32 Å². The minimum absolute atomic E-state index is 0.0153. The summed E-state index contributed by atoms with van der Waals surface area (Å²) >= 11 is 0. The van der Waals surface area contributed by atoms with Gasteiger partial charge in [0.05, 0.1) is 0 Å². The molecule has 0 aromatic heterocycles. The molecule has 1 fully saturated rings. The van der Waals surface area contributed by atoms with Gasteiger partial charge < -0.3 is 15.3 Å². The average Bonchev–Trinajstić information content (AvgIpc) is 2.60. The van der Waals surface area contributed by atoms with E-state index in [1.807, 2.05) is 17.0 Å². The number of carbonyl (C=O) groups is 2. The second kappa shape index (κ2) is 8.48. The lowest BCUT2D eigenvalue weighted by atomic mass is 9.99. The number of hydrogen-bond donors (Lipinski definition) is 2. The maximum Gasteiger partial charge on any atom is 0.251 e. The lowest BCUT2D eigenvalue weighted by Crippen LogP contribution is -2.43. The number of likely N-dealkylation sites (tertiary alicyclic amines) is 1. The first-order chi connectivity index (χ1) is 11.2. The molecule has 1 unspecified atom stereocenters. The van der Waals surface area contributed by atoms with Gasteiger partial charge >= 0.3 is 0 Å². The number of nitrogens with one attached hydrogen (secondary N) is 1. The normalized spacial score (nSPS) is 18.2. The third-order valence-electron chi connectivity index (χ3n) is 4.19. The second-order valence-corrected chi connectivity index (χ2v) is 5.73. The van der Waals surface area contributed by atoms with E-state index in [0.29, 0.717) is 12.0 Å². The summed E-state index contributed by atoms with van der Waals surface area (Å²) in [5.74, 6) is -0.143. The first kappa shape index (κ1) is 17.2. The highest BCUT2D eigenvalue weighted by Crippen LogP contribution is 2.20. The Labute approximate surface area is 137 Å². The molecule has 2 amide bonds. The van der Waals surface area contributed by atoms with Gasteiger partial charge in [-0.2, -0.15) is 0 Å². The van der Waals surface area contributed by atoms with Crippen LogP contribution in [-0.4, -0.2) is 48.1 Å². The Morgan fingerprint density at radius 3 is 2.70 bits per heavy atom. The van der Waals surface area contributed by atoms with E-state index >= 15 is 0 Å². The first-order valence-electron chi connectivity index (χ1n) is 8.07. The largest absolute Gasteiger partial charge is 0.396 e. The zero-order valence-electron chi connectivity index (χ0n) is 13.5. The summed E-state index contributed by atoms with van der Waals surface area (Å²) in [6.45, 7) is 0.864. The van der Waals surface area contributed by atoms with Crippen molar-refractivity contribution in [2.45, 2.75) is 31.7 Å². The first-order valence-corrected chi connectivity index (χ1v) is 8.07. The molecule has 5 heteroatoms. The average molecular weight is 316 g/mol. The second-order valence-electron chi connectivity index (χ2n) is 5.73. The summed E-state index contributed by atoms with van der Waals surface area (Å²) in [7, 11) is 1.59. The van der Waals surface area contributed by atoms with Gasteiger partial charge in [0.1, 0.15) is 0 Å². The fraction of sp³-hybridized carbons (Fsp3) is 0.444. The Morgan fingerprint density at radius 1 is 1.30 bits per heavy atom. The monoisotopic (exact) mass is 316 g/mol. The molecule has 0 radical (unpaired) electrons. The molecule has 0 aliphatic carbocycles. The van der Waals surface area contributed by atoms with Gasteiger partial charge in [-0.15, -0.1) is 0 Å². The maximum absolute atomic E-state index is 12.4. The third-order valence-corrected chi connectivity index (χ3v) is 4.19. The van der Waals surface area contributed by atoms with Gasteiger partial charge in [-0.3, -0.25) is 9.59 Å². The van der Waals surface area contributed by atoms with Crippen molar-refractivity contribution < 1.29 is 14.7 Å². The van der Waals surface area contributed by atoms with Crippen LogP contribution in [0.2, 0.25) is 0 Å². The standard InChI is InChI=1S/C18H24N2O3/c1-19-18(23)15-8-5-14(6-9-15)7-10-17(22)20-12-3-2-4-16(20)11-13-21/h5-10,16,21H,2-4,11-13H2,1H3,(H,19,23)/b10-7+.